The standard InChI is InChI=1S/C12H19INO2.BrH/c1-14(2,7-9-15)8-10-16-12-6-4-3-5-11(12)13;/h3-6,15H,7-10H2,1-2H3;1H/q+1;/p-1. The van der Waals surface area contributed by atoms with E-state index in [1.807, 2.05) is 24.3 Å². The second-order valence-electron chi connectivity index (χ2n) is 4.39. The molecule has 0 aliphatic heterocycles. The Morgan fingerprint density at radius 1 is 1.24 bits per heavy atom. The molecule has 1 aromatic rings. The molecule has 5 heteroatoms. The van der Waals surface area contributed by atoms with Crippen molar-refractivity contribution < 1.29 is 31.3 Å². The number of likely N-dealkylation sites (N-methyl/N-ethyl adjacent to an activating group) is 1. The summed E-state index contributed by atoms with van der Waals surface area (Å²) in [6, 6.07) is 7.99. The molecular weight excluding hydrogens is 397 g/mol. The molecule has 0 amide bonds. The van der Waals surface area contributed by atoms with Gasteiger partial charge in [0.2, 0.25) is 0 Å². The van der Waals surface area contributed by atoms with E-state index in [1.165, 1.54) is 0 Å². The molecule has 1 N–H and O–H groups in total. The number of aliphatic hydroxyl groups is 1. The number of rotatable bonds is 6. The number of aliphatic hydroxyl groups excluding tert-OH is 1. The third-order valence-electron chi connectivity index (χ3n) is 2.50. The highest BCUT2D eigenvalue weighted by Crippen LogP contribution is 2.19. The molecule has 98 valence electrons. The molecule has 0 saturated carbocycles. The molecule has 0 bridgehead atoms. The molecule has 0 aliphatic carbocycles. The number of halogens is 2. The Bertz CT molecular complexity index is 334. The van der Waals surface area contributed by atoms with Gasteiger partial charge in [0, 0.05) is 0 Å². The van der Waals surface area contributed by atoms with Gasteiger partial charge in [-0.15, -0.1) is 0 Å². The van der Waals surface area contributed by atoms with Crippen molar-refractivity contribution in [3.8, 4) is 5.75 Å². The van der Waals surface area contributed by atoms with Crippen LogP contribution in [-0.2, 0) is 0 Å². The van der Waals surface area contributed by atoms with Crippen LogP contribution in [0.4, 0.5) is 0 Å². The van der Waals surface area contributed by atoms with Gasteiger partial charge in [0.1, 0.15) is 25.4 Å². The smallest absolute Gasteiger partial charge is 0.137 e. The van der Waals surface area contributed by atoms with Gasteiger partial charge >= 0.3 is 0 Å². The average Bonchev–Trinajstić information content (AvgIpc) is 2.20. The van der Waals surface area contributed by atoms with Crippen LogP contribution in [0.15, 0.2) is 24.3 Å². The summed E-state index contributed by atoms with van der Waals surface area (Å²) in [5.41, 5.74) is 0. The maximum Gasteiger partial charge on any atom is 0.137 e. The fourth-order valence-electron chi connectivity index (χ4n) is 1.35. The van der Waals surface area contributed by atoms with Crippen LogP contribution in [0.3, 0.4) is 0 Å². The predicted molar refractivity (Wildman–Crippen MR) is 73.6 cm³/mol. The van der Waals surface area contributed by atoms with Gasteiger partial charge in [-0.1, -0.05) is 12.1 Å². The zero-order valence-corrected chi connectivity index (χ0v) is 13.9. The van der Waals surface area contributed by atoms with Crippen LogP contribution in [0, 0.1) is 3.57 Å². The molecule has 3 nitrogen and oxygen atoms in total. The van der Waals surface area contributed by atoms with Crippen molar-refractivity contribution in [2.75, 3.05) is 40.4 Å². The largest absolute Gasteiger partial charge is 1.00 e. The van der Waals surface area contributed by atoms with Crippen LogP contribution in [0.2, 0.25) is 0 Å². The van der Waals surface area contributed by atoms with Crippen LogP contribution >= 0.6 is 22.6 Å². The number of para-hydroxylation sites is 1. The summed E-state index contributed by atoms with van der Waals surface area (Å²) in [7, 11) is 4.19. The summed E-state index contributed by atoms with van der Waals surface area (Å²) in [6.07, 6.45) is 0. The van der Waals surface area contributed by atoms with E-state index in [9.17, 15) is 0 Å². The molecule has 0 radical (unpaired) electrons. The Morgan fingerprint density at radius 3 is 2.47 bits per heavy atom. The predicted octanol–water partition coefficient (Wildman–Crippen LogP) is -1.26. The lowest BCUT2D eigenvalue weighted by Crippen LogP contribution is -3.00. The van der Waals surface area contributed by atoms with Crippen LogP contribution in [0.5, 0.6) is 5.75 Å². The summed E-state index contributed by atoms with van der Waals surface area (Å²) in [5.74, 6) is 0.937. The lowest BCUT2D eigenvalue weighted by atomic mass is 10.3. The third kappa shape index (κ3) is 6.59. The summed E-state index contributed by atoms with van der Waals surface area (Å²) in [5, 5.41) is 8.90. The molecule has 1 rings (SSSR count). The molecule has 0 aromatic heterocycles. The van der Waals surface area contributed by atoms with E-state index >= 15 is 0 Å². The van der Waals surface area contributed by atoms with Gasteiger partial charge in [0.05, 0.1) is 24.3 Å². The van der Waals surface area contributed by atoms with Gasteiger partial charge < -0.3 is 31.3 Å². The van der Waals surface area contributed by atoms with E-state index in [4.69, 9.17) is 9.84 Å². The van der Waals surface area contributed by atoms with Crippen molar-refractivity contribution in [2.24, 2.45) is 0 Å². The first-order valence-electron chi connectivity index (χ1n) is 5.35. The molecule has 0 heterocycles. The monoisotopic (exact) mass is 415 g/mol. The molecule has 0 unspecified atom stereocenters. The minimum Gasteiger partial charge on any atom is -1.00 e. The zero-order chi connectivity index (χ0) is 12.0. The number of benzene rings is 1. The fraction of sp³-hybridized carbons (Fsp3) is 0.500. The molecule has 0 fully saturated rings. The first kappa shape index (κ1) is 17.2. The lowest BCUT2D eigenvalue weighted by Gasteiger charge is -2.28. The summed E-state index contributed by atoms with van der Waals surface area (Å²) in [6.45, 7) is 2.55. The fourth-order valence-corrected chi connectivity index (χ4v) is 1.89. The van der Waals surface area contributed by atoms with Crippen LogP contribution in [-0.4, -0.2) is 50.0 Å². The molecule has 0 aliphatic rings. The average molecular weight is 416 g/mol. The van der Waals surface area contributed by atoms with Crippen molar-refractivity contribution >= 4 is 22.6 Å². The van der Waals surface area contributed by atoms with E-state index < -0.39 is 0 Å². The Kier molecular flexibility index (Phi) is 8.36. The van der Waals surface area contributed by atoms with Crippen molar-refractivity contribution in [1.29, 1.82) is 0 Å². The summed E-state index contributed by atoms with van der Waals surface area (Å²) in [4.78, 5) is 0. The highest BCUT2D eigenvalue weighted by Gasteiger charge is 2.13. The van der Waals surface area contributed by atoms with Crippen LogP contribution < -0.4 is 21.7 Å². The van der Waals surface area contributed by atoms with Gasteiger partial charge in [-0.2, -0.15) is 0 Å². The van der Waals surface area contributed by atoms with E-state index in [1.54, 1.807) is 0 Å². The highest BCUT2D eigenvalue weighted by atomic mass is 127. The zero-order valence-electron chi connectivity index (χ0n) is 10.2. The number of nitrogens with zero attached hydrogens (tertiary/aromatic N) is 1. The van der Waals surface area contributed by atoms with E-state index in [2.05, 4.69) is 36.7 Å². The third-order valence-corrected chi connectivity index (χ3v) is 3.39. The SMILES string of the molecule is C[N+](C)(CCO)CCOc1ccccc1I.[Br-]. The van der Waals surface area contributed by atoms with Gasteiger partial charge in [-0.3, -0.25) is 0 Å². The molecule has 0 saturated heterocycles. The number of hydrogen-bond acceptors (Lipinski definition) is 2. The first-order valence-corrected chi connectivity index (χ1v) is 6.43. The van der Waals surface area contributed by atoms with Crippen molar-refractivity contribution in [1.82, 2.24) is 0 Å². The van der Waals surface area contributed by atoms with E-state index in [-0.39, 0.29) is 23.6 Å². The Balaban J connectivity index is 0.00000256. The Labute approximate surface area is 127 Å². The second kappa shape index (κ2) is 8.29. The highest BCUT2D eigenvalue weighted by molar-refractivity contribution is 14.1. The number of ether oxygens (including phenoxy) is 1. The Hall–Kier alpha value is 0.150. The Morgan fingerprint density at radius 2 is 1.88 bits per heavy atom. The van der Waals surface area contributed by atoms with Crippen LogP contribution in [0.25, 0.3) is 0 Å². The quantitative estimate of drug-likeness (QED) is 0.464. The topological polar surface area (TPSA) is 29.5 Å². The minimum atomic E-state index is 0. The molecule has 0 atom stereocenters. The molecule has 0 spiro atoms. The molecular formula is C12H19BrINO2. The van der Waals surface area contributed by atoms with Gasteiger partial charge in [0.25, 0.3) is 0 Å². The van der Waals surface area contributed by atoms with Gasteiger partial charge in [0.15, 0.2) is 0 Å². The number of quaternary nitrogens is 1. The van der Waals surface area contributed by atoms with Gasteiger partial charge in [-0.05, 0) is 34.7 Å². The lowest BCUT2D eigenvalue weighted by molar-refractivity contribution is -0.890. The first-order chi connectivity index (χ1) is 7.55. The summed E-state index contributed by atoms with van der Waals surface area (Å²) < 4.78 is 7.62. The number of hydrogen-bond donors (Lipinski definition) is 1. The van der Waals surface area contributed by atoms with E-state index in [0.29, 0.717) is 6.61 Å². The van der Waals surface area contributed by atoms with Crippen LogP contribution in [0.1, 0.15) is 0 Å². The maximum atomic E-state index is 8.90. The second-order valence-corrected chi connectivity index (χ2v) is 5.55. The summed E-state index contributed by atoms with van der Waals surface area (Å²) >= 11 is 2.27. The van der Waals surface area contributed by atoms with Crippen molar-refractivity contribution in [2.45, 2.75) is 0 Å². The maximum absolute atomic E-state index is 8.90. The minimum absolute atomic E-state index is 0. The molecule has 1 aromatic carbocycles. The normalized spacial score (nSPS) is 10.8. The van der Waals surface area contributed by atoms with Gasteiger partial charge in [-0.25, -0.2) is 0 Å². The van der Waals surface area contributed by atoms with Crippen molar-refractivity contribution in [3.63, 3.8) is 0 Å². The molecule has 17 heavy (non-hydrogen) atoms. The van der Waals surface area contributed by atoms with E-state index in [0.717, 1.165) is 26.9 Å². The van der Waals surface area contributed by atoms with Crippen molar-refractivity contribution in [3.05, 3.63) is 27.8 Å².